The van der Waals surface area contributed by atoms with Crippen molar-refractivity contribution in [3.8, 4) is 0 Å². The van der Waals surface area contributed by atoms with Crippen molar-refractivity contribution in [3.63, 3.8) is 0 Å². The molecule has 0 aliphatic carbocycles. The van der Waals surface area contributed by atoms with Crippen molar-refractivity contribution in [1.82, 2.24) is 10.2 Å². The number of carbonyl (C=O) groups is 1. The summed E-state index contributed by atoms with van der Waals surface area (Å²) >= 11 is 0. The Kier molecular flexibility index (Phi) is 3.56. The van der Waals surface area contributed by atoms with E-state index in [2.05, 4.69) is 10.2 Å². The van der Waals surface area contributed by atoms with Crippen LogP contribution >= 0.6 is 0 Å². The first kappa shape index (κ1) is 10.6. The van der Waals surface area contributed by atoms with Crippen LogP contribution in [0.3, 0.4) is 0 Å². The van der Waals surface area contributed by atoms with Gasteiger partial charge in [-0.25, -0.2) is 0 Å². The highest BCUT2D eigenvalue weighted by atomic mass is 16.1. The number of Topliss-reactive ketones (excluding diaryl/α,β-unsaturated/α-hetero) is 1. The normalized spacial score (nSPS) is 9.93. The van der Waals surface area contributed by atoms with Crippen molar-refractivity contribution in [2.24, 2.45) is 0 Å². The molecule has 0 radical (unpaired) electrons. The van der Waals surface area contributed by atoms with Crippen molar-refractivity contribution in [2.75, 3.05) is 18.5 Å². The van der Waals surface area contributed by atoms with Gasteiger partial charge in [0.05, 0.1) is 5.69 Å². The molecule has 0 unspecified atom stereocenters. The van der Waals surface area contributed by atoms with Crippen LogP contribution in [0.5, 0.6) is 0 Å². The maximum absolute atomic E-state index is 10.8. The molecule has 0 N–H and O–H groups in total. The quantitative estimate of drug-likeness (QED) is 0.720. The van der Waals surface area contributed by atoms with Crippen LogP contribution in [0.25, 0.3) is 0 Å². The number of nitrogens with zero attached hydrogens (tertiary/aromatic N) is 3. The summed E-state index contributed by atoms with van der Waals surface area (Å²) in [7, 11) is 1.91. The molecule has 76 valence electrons. The van der Waals surface area contributed by atoms with Crippen molar-refractivity contribution >= 4 is 11.6 Å². The molecule has 0 amide bonds. The van der Waals surface area contributed by atoms with E-state index in [1.807, 2.05) is 31.0 Å². The third-order valence-electron chi connectivity index (χ3n) is 1.97. The topological polar surface area (TPSA) is 46.1 Å². The lowest BCUT2D eigenvalue weighted by Crippen LogP contribution is -2.21. The minimum Gasteiger partial charge on any atom is -0.358 e. The van der Waals surface area contributed by atoms with Crippen LogP contribution in [0.1, 0.15) is 19.0 Å². The van der Waals surface area contributed by atoms with Gasteiger partial charge in [0.25, 0.3) is 0 Å². The number of aryl methyl sites for hydroxylation is 1. The Balaban J connectivity index is 2.56. The van der Waals surface area contributed by atoms with E-state index in [9.17, 15) is 4.79 Å². The summed E-state index contributed by atoms with van der Waals surface area (Å²) in [4.78, 5) is 12.7. The number of hydrogen-bond acceptors (Lipinski definition) is 4. The number of aromatic nitrogens is 2. The molecule has 0 aromatic carbocycles. The van der Waals surface area contributed by atoms with E-state index in [1.165, 1.54) is 0 Å². The summed E-state index contributed by atoms with van der Waals surface area (Å²) in [5.74, 6) is 0.994. The fourth-order valence-electron chi connectivity index (χ4n) is 1.04. The molecule has 0 spiro atoms. The van der Waals surface area contributed by atoms with Crippen molar-refractivity contribution in [2.45, 2.75) is 20.3 Å². The number of hydrogen-bond donors (Lipinski definition) is 0. The van der Waals surface area contributed by atoms with Gasteiger partial charge in [0.2, 0.25) is 0 Å². The Morgan fingerprint density at radius 3 is 2.64 bits per heavy atom. The van der Waals surface area contributed by atoms with Crippen LogP contribution in [0.2, 0.25) is 0 Å². The fourth-order valence-corrected chi connectivity index (χ4v) is 1.04. The van der Waals surface area contributed by atoms with Gasteiger partial charge < -0.3 is 4.90 Å². The van der Waals surface area contributed by atoms with Crippen LogP contribution in [-0.4, -0.2) is 29.6 Å². The van der Waals surface area contributed by atoms with Crippen LogP contribution in [0.4, 0.5) is 5.82 Å². The predicted molar refractivity (Wildman–Crippen MR) is 55.3 cm³/mol. The second kappa shape index (κ2) is 4.69. The van der Waals surface area contributed by atoms with Gasteiger partial charge in [-0.2, -0.15) is 5.10 Å². The highest BCUT2D eigenvalue weighted by Gasteiger charge is 2.03. The Bertz CT molecular complexity index is 308. The second-order valence-corrected chi connectivity index (χ2v) is 3.41. The molecule has 1 aromatic rings. The molecule has 4 nitrogen and oxygen atoms in total. The molecular formula is C10H15N3O. The van der Waals surface area contributed by atoms with Gasteiger partial charge in [-0.1, -0.05) is 0 Å². The molecule has 1 rings (SSSR count). The smallest absolute Gasteiger partial charge is 0.150 e. The van der Waals surface area contributed by atoms with Crippen LogP contribution in [0, 0.1) is 6.92 Å². The number of ketones is 1. The Labute approximate surface area is 84.0 Å². The standard InChI is InChI=1S/C10H15N3O/c1-8-4-5-10(12-11-8)13(3)7-6-9(2)14/h4-5H,6-7H2,1-3H3. The lowest BCUT2D eigenvalue weighted by Gasteiger charge is -2.16. The monoisotopic (exact) mass is 193 g/mol. The van der Waals surface area contributed by atoms with Gasteiger partial charge >= 0.3 is 0 Å². The van der Waals surface area contributed by atoms with Crippen LogP contribution in [-0.2, 0) is 4.79 Å². The summed E-state index contributed by atoms with van der Waals surface area (Å²) in [6.07, 6.45) is 0.548. The predicted octanol–water partition coefficient (Wildman–Crippen LogP) is 1.20. The van der Waals surface area contributed by atoms with Crippen LogP contribution < -0.4 is 4.90 Å². The average molecular weight is 193 g/mol. The first-order chi connectivity index (χ1) is 6.59. The van der Waals surface area contributed by atoms with Gasteiger partial charge in [-0.05, 0) is 26.0 Å². The molecular weight excluding hydrogens is 178 g/mol. The maximum Gasteiger partial charge on any atom is 0.150 e. The molecule has 0 saturated carbocycles. The van der Waals surface area contributed by atoms with Crippen molar-refractivity contribution < 1.29 is 4.79 Å². The minimum absolute atomic E-state index is 0.192. The summed E-state index contributed by atoms with van der Waals surface area (Å²) in [6.45, 7) is 4.17. The molecule has 0 atom stereocenters. The molecule has 0 aliphatic heterocycles. The summed E-state index contributed by atoms with van der Waals surface area (Å²) in [5.41, 5.74) is 0.897. The maximum atomic E-state index is 10.8. The Morgan fingerprint density at radius 1 is 1.43 bits per heavy atom. The molecule has 14 heavy (non-hydrogen) atoms. The first-order valence-electron chi connectivity index (χ1n) is 4.60. The first-order valence-corrected chi connectivity index (χ1v) is 4.60. The molecule has 0 fully saturated rings. The van der Waals surface area contributed by atoms with E-state index in [0.717, 1.165) is 11.5 Å². The summed E-state index contributed by atoms with van der Waals surface area (Å²) in [6, 6.07) is 3.81. The van der Waals surface area contributed by atoms with E-state index in [4.69, 9.17) is 0 Å². The molecule has 0 bridgehead atoms. The van der Waals surface area contributed by atoms with E-state index < -0.39 is 0 Å². The Hall–Kier alpha value is -1.45. The SMILES string of the molecule is CC(=O)CCN(C)c1ccc(C)nn1. The minimum atomic E-state index is 0.192. The van der Waals surface area contributed by atoms with Gasteiger partial charge in [0.15, 0.2) is 5.82 Å². The van der Waals surface area contributed by atoms with Gasteiger partial charge in [-0.15, -0.1) is 5.10 Å². The number of carbonyl (C=O) groups excluding carboxylic acids is 1. The van der Waals surface area contributed by atoms with E-state index in [1.54, 1.807) is 6.92 Å². The fraction of sp³-hybridized carbons (Fsp3) is 0.500. The lowest BCUT2D eigenvalue weighted by atomic mass is 10.3. The van der Waals surface area contributed by atoms with Gasteiger partial charge in [0, 0.05) is 20.0 Å². The largest absolute Gasteiger partial charge is 0.358 e. The molecule has 0 saturated heterocycles. The van der Waals surface area contributed by atoms with E-state index in [0.29, 0.717) is 13.0 Å². The Morgan fingerprint density at radius 2 is 2.14 bits per heavy atom. The zero-order chi connectivity index (χ0) is 10.6. The molecule has 1 aromatic heterocycles. The van der Waals surface area contributed by atoms with Gasteiger partial charge in [-0.3, -0.25) is 4.79 Å². The average Bonchev–Trinajstić information content (AvgIpc) is 2.15. The molecule has 1 heterocycles. The highest BCUT2D eigenvalue weighted by molar-refractivity contribution is 5.76. The second-order valence-electron chi connectivity index (χ2n) is 3.41. The number of rotatable bonds is 4. The van der Waals surface area contributed by atoms with Crippen LogP contribution in [0.15, 0.2) is 12.1 Å². The zero-order valence-corrected chi connectivity index (χ0v) is 8.82. The highest BCUT2D eigenvalue weighted by Crippen LogP contribution is 2.07. The van der Waals surface area contributed by atoms with E-state index in [-0.39, 0.29) is 5.78 Å². The van der Waals surface area contributed by atoms with Crippen molar-refractivity contribution in [3.05, 3.63) is 17.8 Å². The van der Waals surface area contributed by atoms with E-state index >= 15 is 0 Å². The lowest BCUT2D eigenvalue weighted by molar-refractivity contribution is -0.116. The zero-order valence-electron chi connectivity index (χ0n) is 8.82. The summed E-state index contributed by atoms with van der Waals surface area (Å²) in [5, 5.41) is 7.97. The van der Waals surface area contributed by atoms with Gasteiger partial charge in [0.1, 0.15) is 5.78 Å². The third-order valence-corrected chi connectivity index (χ3v) is 1.97. The molecule has 4 heteroatoms. The number of anilines is 1. The van der Waals surface area contributed by atoms with Crippen molar-refractivity contribution in [1.29, 1.82) is 0 Å². The summed E-state index contributed by atoms with van der Waals surface area (Å²) < 4.78 is 0. The third kappa shape index (κ3) is 3.12. The molecule has 0 aliphatic rings.